The number of hydrogen-bond acceptors (Lipinski definition) is 2. The Balaban J connectivity index is 0.000000105. The standard InChI is InChI=1S/C47H33N.2C47H32O/c1-47(2)41-21-11-8-16-33(41)34-26-25-32(29-42(34)47)45-37-19-6-7-20-38(37)46(39-27-24-31(28-40(39)45)30-14-4-3-5-15-30)48-43-22-12-9-17-35(43)36-18-10-13-23-44(36)48;1-47(2)40-20-10-8-15-32(40)33-25-24-31(28-41(33)47)44-34-16-6-7-17-35(34)45(36-26-23-30(27-39(36)44)29-13-4-3-5-14-29)38-19-12-22-43-46(38)37-18-9-11-21-42(37)48-43;1-47(2)41-18-10-8-14-33(41)34-23-21-32(28-42(34)47)46-37-17-7-6-16-36(37)45(38-24-20-30(26-40(38)46)29-12-4-3-5-13-29)31-22-25-44-39(27-31)35-15-9-11-19-43(35)48-44/h3-29H,1-2H3;2*3-28H,1-2H3. The fraction of sp³-hybridized carbons (Fsp3) is 0.0638. The minimum absolute atomic E-state index is 0.0777. The summed E-state index contributed by atoms with van der Waals surface area (Å²) in [6.45, 7) is 14.2. The molecule has 3 heterocycles. The van der Waals surface area contributed by atoms with Crippen molar-refractivity contribution in [3.8, 4) is 128 Å². The molecule has 27 aromatic rings. The second-order valence-electron chi connectivity index (χ2n) is 41.0. The van der Waals surface area contributed by atoms with Crippen LogP contribution in [0.4, 0.5) is 0 Å². The SMILES string of the molecule is CC1(C)c2ccccc2-c2ccc(-c3c4ccccc4c(-c4ccc5oc6ccccc6c5c4)c4ccc(-c5ccccc5)cc34)cc21.CC1(C)c2ccccc2-c2ccc(-c3c4ccccc4c(-c4cccc5oc6ccccc6c45)c4ccc(-c5ccccc5)cc34)cc21.CC1(C)c2ccccc2-c2ccc(-c3c4ccccc4c(-n4c5ccccc5c5ccccc54)c4ccc(-c5ccccc5)cc34)cc21. The van der Waals surface area contributed by atoms with Gasteiger partial charge in [-0.1, -0.05) is 442 Å². The number of hydrogen-bond donors (Lipinski definition) is 0. The fourth-order valence-electron chi connectivity index (χ4n) is 25.3. The summed E-state index contributed by atoms with van der Waals surface area (Å²) in [5.41, 5.74) is 43.4. The molecular weight excluding hydrogens is 1740 g/mol. The maximum absolute atomic E-state index is 6.40. The molecule has 3 nitrogen and oxygen atoms in total. The van der Waals surface area contributed by atoms with Gasteiger partial charge in [0.05, 0.1) is 16.7 Å². The zero-order chi connectivity index (χ0) is 96.0. The summed E-state index contributed by atoms with van der Waals surface area (Å²) < 4.78 is 15.1. The first-order chi connectivity index (χ1) is 70.7. The van der Waals surface area contributed by atoms with Crippen LogP contribution in [0.25, 0.3) is 258 Å². The second-order valence-corrected chi connectivity index (χ2v) is 41.0. The minimum atomic E-state index is -0.0827. The van der Waals surface area contributed by atoms with E-state index < -0.39 is 0 Å². The highest BCUT2D eigenvalue weighted by Crippen LogP contribution is 2.58. The number of aromatic nitrogens is 1. The van der Waals surface area contributed by atoms with E-state index in [9.17, 15) is 0 Å². The van der Waals surface area contributed by atoms with E-state index in [0.717, 1.165) is 43.9 Å². The lowest BCUT2D eigenvalue weighted by Crippen LogP contribution is -2.14. The Kier molecular flexibility index (Phi) is 19.1. The molecule has 0 bridgehead atoms. The average Bonchev–Trinajstić information content (AvgIpc) is 1.32. The van der Waals surface area contributed by atoms with E-state index in [-0.39, 0.29) is 16.2 Å². The van der Waals surface area contributed by atoms with Crippen molar-refractivity contribution < 1.29 is 8.83 Å². The van der Waals surface area contributed by atoms with E-state index in [4.69, 9.17) is 8.83 Å². The topological polar surface area (TPSA) is 31.2 Å². The van der Waals surface area contributed by atoms with Crippen LogP contribution in [0.1, 0.15) is 74.9 Å². The molecule has 144 heavy (non-hydrogen) atoms. The van der Waals surface area contributed by atoms with Gasteiger partial charge in [-0.2, -0.15) is 0 Å². The molecule has 30 rings (SSSR count). The summed E-state index contributed by atoms with van der Waals surface area (Å²) in [4.78, 5) is 0. The molecule has 0 aliphatic heterocycles. The van der Waals surface area contributed by atoms with Gasteiger partial charge in [0.2, 0.25) is 0 Å². The number of fused-ring (bicyclic) bond motifs is 24. The van der Waals surface area contributed by atoms with Crippen molar-refractivity contribution in [2.24, 2.45) is 0 Å². The molecule has 0 saturated heterocycles. The third-order valence-corrected chi connectivity index (χ3v) is 32.1. The van der Waals surface area contributed by atoms with Gasteiger partial charge in [-0.25, -0.2) is 0 Å². The molecule has 24 aromatic carbocycles. The first-order valence-electron chi connectivity index (χ1n) is 50.4. The monoisotopic (exact) mass is 1840 g/mol. The van der Waals surface area contributed by atoms with Crippen molar-refractivity contribution in [1.29, 1.82) is 0 Å². The van der Waals surface area contributed by atoms with E-state index in [1.54, 1.807) is 0 Å². The van der Waals surface area contributed by atoms with Crippen molar-refractivity contribution in [1.82, 2.24) is 4.57 Å². The van der Waals surface area contributed by atoms with Crippen LogP contribution in [-0.2, 0) is 16.2 Å². The smallest absolute Gasteiger partial charge is 0.136 e. The minimum Gasteiger partial charge on any atom is -0.456 e. The first-order valence-corrected chi connectivity index (χ1v) is 50.4. The lowest BCUT2D eigenvalue weighted by Gasteiger charge is -2.23. The largest absolute Gasteiger partial charge is 0.456 e. The van der Waals surface area contributed by atoms with Crippen molar-refractivity contribution in [2.45, 2.75) is 57.8 Å². The molecule has 0 atom stereocenters. The molecule has 3 aliphatic carbocycles. The van der Waals surface area contributed by atoms with Crippen LogP contribution in [0.3, 0.4) is 0 Å². The number of rotatable bonds is 9. The fourth-order valence-corrected chi connectivity index (χ4v) is 25.3. The van der Waals surface area contributed by atoms with E-state index in [1.165, 1.54) is 248 Å². The first kappa shape index (κ1) is 84.3. The Labute approximate surface area is 836 Å². The molecule has 3 heteroatoms. The Hall–Kier alpha value is -17.8. The lowest BCUT2D eigenvalue weighted by molar-refractivity contribution is 0.660. The molecule has 0 saturated carbocycles. The highest BCUT2D eigenvalue weighted by atomic mass is 16.3. The Morgan fingerprint density at radius 3 is 0.882 bits per heavy atom. The number of furan rings is 2. The summed E-state index contributed by atoms with van der Waals surface area (Å²) in [7, 11) is 0. The van der Waals surface area contributed by atoms with E-state index in [1.807, 2.05) is 12.1 Å². The van der Waals surface area contributed by atoms with Crippen molar-refractivity contribution in [3.05, 3.63) is 513 Å². The molecule has 0 amide bonds. The molecule has 0 spiro atoms. The summed E-state index contributed by atoms with van der Waals surface area (Å²) in [6, 6.07) is 176. The Morgan fingerprint density at radius 1 is 0.153 bits per heavy atom. The van der Waals surface area contributed by atoms with Crippen LogP contribution >= 0.6 is 0 Å². The maximum atomic E-state index is 6.40. The third kappa shape index (κ3) is 13.0. The zero-order valence-corrected chi connectivity index (χ0v) is 80.9. The van der Waals surface area contributed by atoms with Gasteiger partial charge >= 0.3 is 0 Å². The Bertz CT molecular complexity index is 9990. The molecule has 0 unspecified atom stereocenters. The number of nitrogens with zero attached hydrogens (tertiary/aromatic N) is 1. The lowest BCUT2D eigenvalue weighted by atomic mass is 9.80. The van der Waals surface area contributed by atoms with Crippen LogP contribution < -0.4 is 0 Å². The van der Waals surface area contributed by atoms with Gasteiger partial charge in [-0.05, 0) is 289 Å². The Morgan fingerprint density at radius 2 is 0.424 bits per heavy atom. The van der Waals surface area contributed by atoms with E-state index in [2.05, 4.69) is 513 Å². The van der Waals surface area contributed by atoms with Gasteiger partial charge in [-0.3, -0.25) is 0 Å². The van der Waals surface area contributed by atoms with Gasteiger partial charge in [-0.15, -0.1) is 0 Å². The van der Waals surface area contributed by atoms with Crippen molar-refractivity contribution in [3.63, 3.8) is 0 Å². The van der Waals surface area contributed by atoms with E-state index in [0.29, 0.717) is 0 Å². The van der Waals surface area contributed by atoms with Crippen LogP contribution in [0.2, 0.25) is 0 Å². The maximum Gasteiger partial charge on any atom is 0.136 e. The van der Waals surface area contributed by atoms with Crippen LogP contribution in [0.5, 0.6) is 0 Å². The number of para-hydroxylation sites is 4. The summed E-state index contributed by atoms with van der Waals surface area (Å²) in [6.07, 6.45) is 0. The predicted octanol–water partition coefficient (Wildman–Crippen LogP) is 39.1. The normalized spacial score (nSPS) is 13.4. The van der Waals surface area contributed by atoms with Gasteiger partial charge in [0.25, 0.3) is 0 Å². The molecule has 0 N–H and O–H groups in total. The summed E-state index contributed by atoms with van der Waals surface area (Å²) >= 11 is 0. The van der Waals surface area contributed by atoms with Crippen molar-refractivity contribution >= 4 is 130 Å². The predicted molar refractivity (Wildman–Crippen MR) is 609 cm³/mol. The zero-order valence-electron chi connectivity index (χ0n) is 80.9. The van der Waals surface area contributed by atoms with Gasteiger partial charge < -0.3 is 13.4 Å². The van der Waals surface area contributed by atoms with Crippen molar-refractivity contribution in [2.75, 3.05) is 0 Å². The molecule has 678 valence electrons. The third-order valence-electron chi connectivity index (χ3n) is 32.1. The second kappa shape index (κ2) is 32.7. The molecule has 3 aromatic heterocycles. The highest BCUT2D eigenvalue weighted by molar-refractivity contribution is 6.28. The molecule has 0 fully saturated rings. The van der Waals surface area contributed by atoms with Gasteiger partial charge in [0.15, 0.2) is 0 Å². The van der Waals surface area contributed by atoms with Gasteiger partial charge in [0, 0.05) is 59.3 Å². The summed E-state index contributed by atoms with van der Waals surface area (Å²) in [5, 5.41) is 22.2. The van der Waals surface area contributed by atoms with Gasteiger partial charge in [0.1, 0.15) is 22.3 Å². The molecule has 3 aliphatic rings. The quantitative estimate of drug-likeness (QED) is 0.135. The highest BCUT2D eigenvalue weighted by Gasteiger charge is 2.40. The average molecular weight is 1840 g/mol. The molecular formula is C141H97NO2. The molecule has 0 radical (unpaired) electrons. The van der Waals surface area contributed by atoms with Crippen LogP contribution in [-0.4, -0.2) is 4.57 Å². The van der Waals surface area contributed by atoms with Crippen LogP contribution in [0.15, 0.2) is 488 Å². The van der Waals surface area contributed by atoms with E-state index >= 15 is 0 Å². The summed E-state index contributed by atoms with van der Waals surface area (Å²) in [5.74, 6) is 0. The van der Waals surface area contributed by atoms with Crippen LogP contribution in [0, 0.1) is 0 Å². The number of benzene rings is 24.